The molecule has 0 aliphatic carbocycles. The van der Waals surface area contributed by atoms with Gasteiger partial charge in [0.1, 0.15) is 0 Å². The summed E-state index contributed by atoms with van der Waals surface area (Å²) in [4.78, 5) is 23.1. The zero-order valence-corrected chi connectivity index (χ0v) is 10.4. The van der Waals surface area contributed by atoms with Gasteiger partial charge in [-0.3, -0.25) is 10.1 Å². The molecule has 18 heavy (non-hydrogen) atoms. The predicted molar refractivity (Wildman–Crippen MR) is 69.2 cm³/mol. The first-order valence-electron chi connectivity index (χ1n) is 5.58. The van der Waals surface area contributed by atoms with Gasteiger partial charge in [0.25, 0.3) is 0 Å². The number of hydrogen-bond donors (Lipinski definition) is 3. The van der Waals surface area contributed by atoms with E-state index in [4.69, 9.17) is 0 Å². The summed E-state index contributed by atoms with van der Waals surface area (Å²) in [5.41, 5.74) is 0.573. The Morgan fingerprint density at radius 1 is 1.39 bits per heavy atom. The summed E-state index contributed by atoms with van der Waals surface area (Å²) in [6.07, 6.45) is 0. The van der Waals surface area contributed by atoms with Crippen LogP contribution in [0.4, 0.5) is 0 Å². The molecule has 5 nitrogen and oxygen atoms in total. The van der Waals surface area contributed by atoms with Crippen LogP contribution in [0.15, 0.2) is 30.3 Å². The fraction of sp³-hybridized carbons (Fsp3) is 0.333. The van der Waals surface area contributed by atoms with Gasteiger partial charge < -0.3 is 10.4 Å². The second-order valence-electron chi connectivity index (χ2n) is 3.96. The second kappa shape index (κ2) is 5.88. The Morgan fingerprint density at radius 2 is 2.11 bits per heavy atom. The summed E-state index contributed by atoms with van der Waals surface area (Å²) < 4.78 is 0. The van der Waals surface area contributed by atoms with Crippen molar-refractivity contribution in [2.45, 2.75) is 12.1 Å². The molecule has 1 aliphatic rings. The van der Waals surface area contributed by atoms with Crippen LogP contribution in [0.25, 0.3) is 0 Å². The van der Waals surface area contributed by atoms with E-state index in [2.05, 4.69) is 10.6 Å². The SMILES string of the molecule is O=C(N[C@H](C(=O)O)c1ccccc1)C1CSCN1. The number of benzene rings is 1. The van der Waals surface area contributed by atoms with Gasteiger partial charge in [-0.25, -0.2) is 4.79 Å². The van der Waals surface area contributed by atoms with Crippen molar-refractivity contribution in [3.05, 3.63) is 35.9 Å². The smallest absolute Gasteiger partial charge is 0.330 e. The number of carbonyl (C=O) groups is 2. The number of amides is 1. The van der Waals surface area contributed by atoms with Gasteiger partial charge in [-0.15, -0.1) is 11.8 Å². The monoisotopic (exact) mass is 266 g/mol. The molecule has 0 radical (unpaired) electrons. The number of thioether (sulfide) groups is 1. The molecule has 1 heterocycles. The van der Waals surface area contributed by atoms with Crippen LogP contribution in [-0.4, -0.2) is 34.7 Å². The van der Waals surface area contributed by atoms with E-state index in [0.717, 1.165) is 5.88 Å². The Balaban J connectivity index is 2.07. The van der Waals surface area contributed by atoms with Crippen LogP contribution in [0.1, 0.15) is 11.6 Å². The molecule has 1 saturated heterocycles. The van der Waals surface area contributed by atoms with Gasteiger partial charge in [-0.2, -0.15) is 0 Å². The van der Waals surface area contributed by atoms with Crippen LogP contribution in [-0.2, 0) is 9.59 Å². The maximum absolute atomic E-state index is 11.9. The van der Waals surface area contributed by atoms with Crippen LogP contribution >= 0.6 is 11.8 Å². The van der Waals surface area contributed by atoms with E-state index >= 15 is 0 Å². The van der Waals surface area contributed by atoms with Gasteiger partial charge in [0.05, 0.1) is 6.04 Å². The molecule has 3 N–H and O–H groups in total. The molecule has 0 aromatic heterocycles. The number of carboxylic acids is 1. The number of carbonyl (C=O) groups excluding carboxylic acids is 1. The third kappa shape index (κ3) is 3.02. The molecule has 6 heteroatoms. The van der Waals surface area contributed by atoms with E-state index in [0.29, 0.717) is 11.3 Å². The van der Waals surface area contributed by atoms with Crippen LogP contribution < -0.4 is 10.6 Å². The number of rotatable bonds is 4. The first kappa shape index (κ1) is 12.9. The third-order valence-corrected chi connectivity index (χ3v) is 3.64. The average Bonchev–Trinajstić information content (AvgIpc) is 2.90. The first-order chi connectivity index (χ1) is 8.68. The lowest BCUT2D eigenvalue weighted by atomic mass is 10.1. The largest absolute Gasteiger partial charge is 0.479 e. The molecule has 0 bridgehead atoms. The molecule has 1 unspecified atom stereocenters. The Labute approximate surface area is 109 Å². The summed E-state index contributed by atoms with van der Waals surface area (Å²) >= 11 is 1.62. The molecule has 1 amide bonds. The average molecular weight is 266 g/mol. The molecule has 2 rings (SSSR count). The molecule has 96 valence electrons. The van der Waals surface area contributed by atoms with Crippen molar-refractivity contribution in [1.29, 1.82) is 0 Å². The number of aliphatic carboxylic acids is 1. The maximum Gasteiger partial charge on any atom is 0.330 e. The minimum Gasteiger partial charge on any atom is -0.479 e. The number of nitrogens with one attached hydrogen (secondary N) is 2. The lowest BCUT2D eigenvalue weighted by Gasteiger charge is -2.17. The van der Waals surface area contributed by atoms with Gasteiger partial charge in [0.2, 0.25) is 5.91 Å². The van der Waals surface area contributed by atoms with Crippen molar-refractivity contribution in [1.82, 2.24) is 10.6 Å². The molecule has 0 spiro atoms. The standard InChI is InChI=1S/C12H14N2O3S/c15-11(9-6-18-7-13-9)14-10(12(16)17)8-4-2-1-3-5-8/h1-5,9-10,13H,6-7H2,(H,14,15)(H,16,17)/t9?,10-/m0/s1. The van der Waals surface area contributed by atoms with E-state index in [1.807, 2.05) is 0 Å². The Bertz CT molecular complexity index is 432. The lowest BCUT2D eigenvalue weighted by Crippen LogP contribution is -2.45. The fourth-order valence-electron chi connectivity index (χ4n) is 1.74. The highest BCUT2D eigenvalue weighted by molar-refractivity contribution is 7.99. The Hall–Kier alpha value is -1.53. The van der Waals surface area contributed by atoms with E-state index in [1.54, 1.807) is 42.1 Å². The lowest BCUT2D eigenvalue weighted by molar-refractivity contribution is -0.142. The molecular formula is C12H14N2O3S. The van der Waals surface area contributed by atoms with E-state index in [-0.39, 0.29) is 11.9 Å². The van der Waals surface area contributed by atoms with E-state index in [9.17, 15) is 14.7 Å². The minimum atomic E-state index is -1.06. The van der Waals surface area contributed by atoms with Crippen LogP contribution in [0.3, 0.4) is 0 Å². The number of hydrogen-bond acceptors (Lipinski definition) is 4. The third-order valence-electron chi connectivity index (χ3n) is 2.70. The van der Waals surface area contributed by atoms with Crippen molar-refractivity contribution < 1.29 is 14.7 Å². The zero-order chi connectivity index (χ0) is 13.0. The maximum atomic E-state index is 11.9. The van der Waals surface area contributed by atoms with Crippen molar-refractivity contribution in [3.63, 3.8) is 0 Å². The second-order valence-corrected chi connectivity index (χ2v) is 4.99. The normalized spacial score (nSPS) is 20.3. The molecule has 2 atom stereocenters. The predicted octanol–water partition coefficient (Wildman–Crippen LogP) is 0.591. The summed E-state index contributed by atoms with van der Waals surface area (Å²) in [5.74, 6) is 0.0742. The molecule has 1 aliphatic heterocycles. The topological polar surface area (TPSA) is 78.4 Å². The molecule has 1 aromatic carbocycles. The minimum absolute atomic E-state index is 0.267. The van der Waals surface area contributed by atoms with Crippen molar-refractivity contribution >= 4 is 23.6 Å². The Morgan fingerprint density at radius 3 is 2.67 bits per heavy atom. The Kier molecular flexibility index (Phi) is 4.22. The summed E-state index contributed by atoms with van der Waals surface area (Å²) in [6, 6.07) is 7.39. The molecule has 1 fully saturated rings. The van der Waals surface area contributed by atoms with Crippen LogP contribution in [0, 0.1) is 0 Å². The van der Waals surface area contributed by atoms with E-state index in [1.165, 1.54) is 0 Å². The van der Waals surface area contributed by atoms with Gasteiger partial charge in [0.15, 0.2) is 6.04 Å². The highest BCUT2D eigenvalue weighted by Crippen LogP contribution is 2.15. The summed E-state index contributed by atoms with van der Waals surface area (Å²) in [6.45, 7) is 0. The van der Waals surface area contributed by atoms with Crippen molar-refractivity contribution in [3.8, 4) is 0 Å². The van der Waals surface area contributed by atoms with Gasteiger partial charge in [0, 0.05) is 11.6 Å². The zero-order valence-electron chi connectivity index (χ0n) is 9.63. The fourth-order valence-corrected chi connectivity index (χ4v) is 2.68. The quantitative estimate of drug-likeness (QED) is 0.743. The van der Waals surface area contributed by atoms with Crippen molar-refractivity contribution in [2.75, 3.05) is 11.6 Å². The first-order valence-corrected chi connectivity index (χ1v) is 6.73. The summed E-state index contributed by atoms with van der Waals surface area (Å²) in [7, 11) is 0. The highest BCUT2D eigenvalue weighted by atomic mass is 32.2. The summed E-state index contributed by atoms with van der Waals surface area (Å²) in [5, 5.41) is 14.7. The van der Waals surface area contributed by atoms with Gasteiger partial charge in [-0.05, 0) is 5.56 Å². The number of carboxylic acid groups (broad SMARTS) is 1. The highest BCUT2D eigenvalue weighted by Gasteiger charge is 2.28. The van der Waals surface area contributed by atoms with Crippen LogP contribution in [0.2, 0.25) is 0 Å². The van der Waals surface area contributed by atoms with E-state index < -0.39 is 12.0 Å². The molecule has 1 aromatic rings. The molecule has 0 saturated carbocycles. The van der Waals surface area contributed by atoms with Crippen molar-refractivity contribution in [2.24, 2.45) is 0 Å². The van der Waals surface area contributed by atoms with Gasteiger partial charge >= 0.3 is 5.97 Å². The van der Waals surface area contributed by atoms with Crippen LogP contribution in [0.5, 0.6) is 0 Å². The van der Waals surface area contributed by atoms with Gasteiger partial charge in [-0.1, -0.05) is 30.3 Å². The molecular weight excluding hydrogens is 252 g/mol.